The molecule has 0 spiro atoms. The van der Waals surface area contributed by atoms with E-state index in [-0.39, 0.29) is 16.3 Å². The van der Waals surface area contributed by atoms with Crippen LogP contribution in [0.25, 0.3) is 0 Å². The lowest BCUT2D eigenvalue weighted by Gasteiger charge is -2.29. The predicted molar refractivity (Wildman–Crippen MR) is 76.5 cm³/mol. The van der Waals surface area contributed by atoms with Crippen LogP contribution in [0.1, 0.15) is 22.5 Å². The molecule has 1 aliphatic rings. The second-order valence-corrected chi connectivity index (χ2v) is 5.46. The van der Waals surface area contributed by atoms with Crippen LogP contribution in [0.2, 0.25) is 0 Å². The van der Waals surface area contributed by atoms with Gasteiger partial charge in [0, 0.05) is 18.7 Å². The van der Waals surface area contributed by atoms with Crippen LogP contribution in [0.4, 0.5) is 4.79 Å². The van der Waals surface area contributed by atoms with Gasteiger partial charge in [-0.3, -0.25) is 0 Å². The molecule has 1 fully saturated rings. The zero-order valence-corrected chi connectivity index (χ0v) is 12.1. The molecule has 1 unspecified atom stereocenters. The first-order chi connectivity index (χ1) is 8.66. The summed E-state index contributed by atoms with van der Waals surface area (Å²) in [5.74, 6) is 0. The number of aliphatic hydroxyl groups excluding tert-OH is 1. The molecule has 1 aliphatic heterocycles. The van der Waals surface area contributed by atoms with Crippen LogP contribution in [0, 0.1) is 0 Å². The Kier molecular flexibility index (Phi) is 4.82. The van der Waals surface area contributed by atoms with Gasteiger partial charge in [0.2, 0.25) is 0 Å². The van der Waals surface area contributed by atoms with Crippen LogP contribution in [-0.4, -0.2) is 35.3 Å². The van der Waals surface area contributed by atoms with Crippen molar-refractivity contribution in [1.29, 1.82) is 0 Å². The highest BCUT2D eigenvalue weighted by Gasteiger charge is 2.24. The average molecular weight is 361 g/mol. The van der Waals surface area contributed by atoms with Crippen LogP contribution >= 0.6 is 22.6 Å². The number of alkyl halides is 1. The Balaban J connectivity index is 1.87. The van der Waals surface area contributed by atoms with Crippen molar-refractivity contribution in [3.05, 3.63) is 35.9 Å². The quantitative estimate of drug-likeness (QED) is 0.651. The first-order valence-corrected chi connectivity index (χ1v) is 7.24. The van der Waals surface area contributed by atoms with E-state index < -0.39 is 0 Å². The molecular formula is C13H16INO3. The third kappa shape index (κ3) is 3.58. The van der Waals surface area contributed by atoms with Gasteiger partial charge in [0.05, 0.1) is 6.10 Å². The molecule has 1 saturated heterocycles. The summed E-state index contributed by atoms with van der Waals surface area (Å²) in [6, 6.07) is 9.65. The molecule has 0 bridgehead atoms. The Bertz CT molecular complexity index is 390. The molecule has 5 heteroatoms. The molecule has 98 valence electrons. The lowest BCUT2D eigenvalue weighted by atomic mass is 10.1. The Morgan fingerprint density at radius 1 is 1.33 bits per heavy atom. The molecule has 0 aromatic heterocycles. The number of piperidine rings is 1. The molecule has 1 amide bonds. The number of halogens is 1. The minimum atomic E-state index is -0.301. The van der Waals surface area contributed by atoms with Gasteiger partial charge in [0.25, 0.3) is 0 Å². The van der Waals surface area contributed by atoms with Crippen molar-refractivity contribution in [3.8, 4) is 0 Å². The second-order valence-electron chi connectivity index (χ2n) is 4.33. The second kappa shape index (κ2) is 6.38. The van der Waals surface area contributed by atoms with Crippen molar-refractivity contribution in [2.75, 3.05) is 13.1 Å². The van der Waals surface area contributed by atoms with Crippen LogP contribution in [0.5, 0.6) is 0 Å². The highest BCUT2D eigenvalue weighted by atomic mass is 127. The molecule has 1 heterocycles. The number of carbonyl (C=O) groups is 1. The normalized spacial score (nSPS) is 18.4. The van der Waals surface area contributed by atoms with E-state index in [4.69, 9.17) is 4.74 Å². The van der Waals surface area contributed by atoms with Gasteiger partial charge in [-0.15, -0.1) is 0 Å². The SMILES string of the molecule is O=C(OC(I)c1ccccc1)N1CCC(O)CC1. The minimum Gasteiger partial charge on any atom is -0.430 e. The van der Waals surface area contributed by atoms with Gasteiger partial charge >= 0.3 is 6.09 Å². The molecular weight excluding hydrogens is 345 g/mol. The standard InChI is InChI=1S/C13H16INO3/c14-12(10-4-2-1-3-5-10)18-13(17)15-8-6-11(16)7-9-15/h1-5,11-12,16H,6-9H2. The zero-order valence-electron chi connectivity index (χ0n) is 9.96. The third-order valence-electron chi connectivity index (χ3n) is 2.99. The molecule has 1 aromatic rings. The van der Waals surface area contributed by atoms with E-state index in [0.29, 0.717) is 25.9 Å². The lowest BCUT2D eigenvalue weighted by Crippen LogP contribution is -2.40. The fraction of sp³-hybridized carbons (Fsp3) is 0.462. The summed E-state index contributed by atoms with van der Waals surface area (Å²) < 4.78 is 5.13. The summed E-state index contributed by atoms with van der Waals surface area (Å²) in [6.07, 6.45) is 0.683. The smallest absolute Gasteiger partial charge is 0.411 e. The molecule has 0 aliphatic carbocycles. The number of amides is 1. The minimum absolute atomic E-state index is 0.275. The number of likely N-dealkylation sites (tertiary alicyclic amines) is 1. The molecule has 18 heavy (non-hydrogen) atoms. The van der Waals surface area contributed by atoms with E-state index in [1.807, 2.05) is 30.3 Å². The lowest BCUT2D eigenvalue weighted by molar-refractivity contribution is 0.0568. The van der Waals surface area contributed by atoms with Crippen molar-refractivity contribution in [1.82, 2.24) is 4.90 Å². The molecule has 2 rings (SSSR count). The molecule has 4 nitrogen and oxygen atoms in total. The monoisotopic (exact) mass is 361 g/mol. The van der Waals surface area contributed by atoms with E-state index in [1.54, 1.807) is 4.90 Å². The largest absolute Gasteiger partial charge is 0.430 e. The first kappa shape index (κ1) is 13.6. The van der Waals surface area contributed by atoms with E-state index in [2.05, 4.69) is 22.6 Å². The van der Waals surface area contributed by atoms with Gasteiger partial charge < -0.3 is 14.7 Å². The number of hydrogen-bond acceptors (Lipinski definition) is 3. The van der Waals surface area contributed by atoms with Crippen LogP contribution < -0.4 is 0 Å². The average Bonchev–Trinajstić information content (AvgIpc) is 2.40. The third-order valence-corrected chi connectivity index (χ3v) is 3.96. The highest BCUT2D eigenvalue weighted by Crippen LogP contribution is 2.25. The van der Waals surface area contributed by atoms with Crippen LogP contribution in [0.15, 0.2) is 30.3 Å². The Morgan fingerprint density at radius 2 is 1.94 bits per heavy atom. The predicted octanol–water partition coefficient (Wildman–Crippen LogP) is 2.71. The zero-order chi connectivity index (χ0) is 13.0. The van der Waals surface area contributed by atoms with Gasteiger partial charge in [-0.2, -0.15) is 0 Å². The summed E-state index contributed by atoms with van der Waals surface area (Å²) in [7, 11) is 0. The number of ether oxygens (including phenoxy) is 1. The van der Waals surface area contributed by atoms with E-state index >= 15 is 0 Å². The fourth-order valence-corrected chi connectivity index (χ4v) is 2.52. The Hall–Kier alpha value is -0.820. The molecule has 1 aromatic carbocycles. The van der Waals surface area contributed by atoms with Crippen molar-refractivity contribution in [2.45, 2.75) is 23.1 Å². The van der Waals surface area contributed by atoms with Crippen molar-refractivity contribution < 1.29 is 14.6 Å². The maximum absolute atomic E-state index is 11.9. The number of hydrogen-bond donors (Lipinski definition) is 1. The van der Waals surface area contributed by atoms with Gasteiger partial charge in [-0.1, -0.05) is 30.3 Å². The Labute approximate surface area is 120 Å². The maximum atomic E-state index is 11.9. The van der Waals surface area contributed by atoms with E-state index in [0.717, 1.165) is 5.56 Å². The number of carbonyl (C=O) groups excluding carboxylic acids is 1. The van der Waals surface area contributed by atoms with E-state index in [9.17, 15) is 9.90 Å². The fourth-order valence-electron chi connectivity index (χ4n) is 1.88. The van der Waals surface area contributed by atoms with Crippen molar-refractivity contribution >= 4 is 28.7 Å². The van der Waals surface area contributed by atoms with Gasteiger partial charge in [0.15, 0.2) is 4.11 Å². The van der Waals surface area contributed by atoms with Crippen LogP contribution in [0.3, 0.4) is 0 Å². The van der Waals surface area contributed by atoms with Gasteiger partial charge in [-0.25, -0.2) is 4.79 Å². The van der Waals surface area contributed by atoms with Gasteiger partial charge in [-0.05, 0) is 35.4 Å². The molecule has 1 atom stereocenters. The highest BCUT2D eigenvalue weighted by molar-refractivity contribution is 14.1. The number of rotatable bonds is 2. The summed E-state index contributed by atoms with van der Waals surface area (Å²) in [5.41, 5.74) is 0.975. The maximum Gasteiger partial charge on any atom is 0.411 e. The Morgan fingerprint density at radius 3 is 2.56 bits per heavy atom. The summed E-state index contributed by atoms with van der Waals surface area (Å²) in [5, 5.41) is 9.39. The van der Waals surface area contributed by atoms with Crippen molar-refractivity contribution in [2.24, 2.45) is 0 Å². The summed E-state index contributed by atoms with van der Waals surface area (Å²) >= 11 is 2.10. The summed E-state index contributed by atoms with van der Waals surface area (Å²) in [6.45, 7) is 1.14. The first-order valence-electron chi connectivity index (χ1n) is 5.99. The number of nitrogens with zero attached hydrogens (tertiary/aromatic N) is 1. The molecule has 1 N–H and O–H groups in total. The number of aliphatic hydroxyl groups is 1. The van der Waals surface area contributed by atoms with Crippen LogP contribution in [-0.2, 0) is 4.74 Å². The number of benzene rings is 1. The van der Waals surface area contributed by atoms with E-state index in [1.165, 1.54) is 0 Å². The van der Waals surface area contributed by atoms with Gasteiger partial charge in [0.1, 0.15) is 0 Å². The molecule has 0 saturated carbocycles. The molecule has 0 radical (unpaired) electrons. The van der Waals surface area contributed by atoms with Crippen molar-refractivity contribution in [3.63, 3.8) is 0 Å². The summed E-state index contributed by atoms with van der Waals surface area (Å²) in [4.78, 5) is 13.6. The topological polar surface area (TPSA) is 49.8 Å².